The maximum absolute atomic E-state index is 13.4. The lowest BCUT2D eigenvalue weighted by molar-refractivity contribution is 0.0937. The number of hydrogen-bond acceptors (Lipinski definition) is 4. The highest BCUT2D eigenvalue weighted by Crippen LogP contribution is 2.33. The third-order valence-electron chi connectivity index (χ3n) is 6.66. The van der Waals surface area contributed by atoms with E-state index >= 15 is 0 Å². The van der Waals surface area contributed by atoms with Crippen LogP contribution in [0.1, 0.15) is 40.3 Å². The Kier molecular flexibility index (Phi) is 6.93. The average molecular weight is 527 g/mol. The van der Waals surface area contributed by atoms with Crippen molar-refractivity contribution in [1.29, 1.82) is 0 Å². The number of carbonyl (C=O) groups is 1. The minimum absolute atomic E-state index is 0.0944. The summed E-state index contributed by atoms with van der Waals surface area (Å²) in [6.07, 6.45) is 5.69. The van der Waals surface area contributed by atoms with Gasteiger partial charge in [0.05, 0.1) is 28.5 Å². The monoisotopic (exact) mass is 526 g/mol. The second-order valence-electron chi connectivity index (χ2n) is 9.27. The van der Waals surface area contributed by atoms with Crippen LogP contribution in [0.4, 0.5) is 0 Å². The molecule has 6 aromatic rings. The van der Waals surface area contributed by atoms with Crippen molar-refractivity contribution >= 4 is 51.5 Å². The summed E-state index contributed by atoms with van der Waals surface area (Å²) in [7, 11) is 0. The van der Waals surface area contributed by atoms with Gasteiger partial charge in [-0.1, -0.05) is 72.4 Å². The molecule has 0 aliphatic rings. The molecular weight excluding hydrogens is 500 g/mol. The van der Waals surface area contributed by atoms with E-state index in [1.165, 1.54) is 0 Å². The lowest BCUT2D eigenvalue weighted by atomic mass is 9.99. The Morgan fingerprint density at radius 2 is 1.69 bits per heavy atom. The zero-order chi connectivity index (χ0) is 26.6. The first-order chi connectivity index (χ1) is 19.2. The molecule has 6 rings (SSSR count). The summed E-state index contributed by atoms with van der Waals surface area (Å²) in [4.78, 5) is 19.7. The van der Waals surface area contributed by atoms with E-state index in [0.29, 0.717) is 5.56 Å². The van der Waals surface area contributed by atoms with Crippen LogP contribution in [0, 0.1) is 0 Å². The number of rotatable bonds is 7. The van der Waals surface area contributed by atoms with Crippen LogP contribution < -0.4 is 5.32 Å². The quantitative estimate of drug-likeness (QED) is 0.222. The van der Waals surface area contributed by atoms with Gasteiger partial charge in [0.25, 0.3) is 5.91 Å². The number of hydrogen-bond donors (Lipinski definition) is 2. The van der Waals surface area contributed by atoms with Gasteiger partial charge >= 0.3 is 0 Å². The zero-order valence-electron chi connectivity index (χ0n) is 21.3. The highest BCUT2D eigenvalue weighted by atomic mass is 32.2. The first kappa shape index (κ1) is 24.6. The first-order valence-electron chi connectivity index (χ1n) is 12.8. The predicted octanol–water partition coefficient (Wildman–Crippen LogP) is 7.92. The van der Waals surface area contributed by atoms with Crippen LogP contribution in [0.5, 0.6) is 0 Å². The molecule has 0 spiro atoms. The van der Waals surface area contributed by atoms with E-state index in [1.54, 1.807) is 18.0 Å². The molecule has 6 heteroatoms. The standard InChI is InChI=1S/C33H26N4OS/c1-22(26-14-8-10-23-9-2-3-12-27(23)26)35-33(38)29-13-4-5-15-32(29)39-25-17-18-28-30(36-37-31(28)21-25)19-16-24-11-6-7-20-34-24/h2-22H,1H3,(H,35,38)(H,36,37)/b19-16+/t22-/m1/s1. The third kappa shape index (κ3) is 5.33. The van der Waals surface area contributed by atoms with Gasteiger partial charge in [0.1, 0.15) is 0 Å². The van der Waals surface area contributed by atoms with Crippen molar-refractivity contribution in [2.45, 2.75) is 22.8 Å². The van der Waals surface area contributed by atoms with Crippen LogP contribution in [0.3, 0.4) is 0 Å². The minimum Gasteiger partial charge on any atom is -0.345 e. The Balaban J connectivity index is 1.21. The van der Waals surface area contributed by atoms with Crippen molar-refractivity contribution in [2.24, 2.45) is 0 Å². The molecule has 0 radical (unpaired) electrons. The van der Waals surface area contributed by atoms with Gasteiger partial charge in [0, 0.05) is 21.4 Å². The topological polar surface area (TPSA) is 70.7 Å². The second kappa shape index (κ2) is 11.0. The maximum atomic E-state index is 13.4. The van der Waals surface area contributed by atoms with Crippen LogP contribution in [0.2, 0.25) is 0 Å². The second-order valence-corrected chi connectivity index (χ2v) is 10.4. The van der Waals surface area contributed by atoms with Gasteiger partial charge in [-0.2, -0.15) is 5.10 Å². The smallest absolute Gasteiger partial charge is 0.252 e. The minimum atomic E-state index is -0.138. The fourth-order valence-electron chi connectivity index (χ4n) is 4.70. The van der Waals surface area contributed by atoms with Crippen LogP contribution in [0.15, 0.2) is 119 Å². The molecule has 1 amide bonds. The molecule has 39 heavy (non-hydrogen) atoms. The van der Waals surface area contributed by atoms with Crippen LogP contribution in [-0.4, -0.2) is 21.1 Å². The Labute approximate surface area is 231 Å². The summed E-state index contributed by atoms with van der Waals surface area (Å²) in [6.45, 7) is 2.03. The fraction of sp³-hybridized carbons (Fsp3) is 0.0606. The molecule has 0 unspecified atom stereocenters. The first-order valence-corrected chi connectivity index (χ1v) is 13.6. The molecule has 4 aromatic carbocycles. The number of pyridine rings is 1. The van der Waals surface area contributed by atoms with E-state index < -0.39 is 0 Å². The maximum Gasteiger partial charge on any atom is 0.252 e. The Morgan fingerprint density at radius 1 is 0.872 bits per heavy atom. The lowest BCUT2D eigenvalue weighted by Crippen LogP contribution is -2.27. The van der Waals surface area contributed by atoms with Crippen molar-refractivity contribution < 1.29 is 4.79 Å². The van der Waals surface area contributed by atoms with E-state index in [-0.39, 0.29) is 11.9 Å². The van der Waals surface area contributed by atoms with Crippen molar-refractivity contribution in [3.8, 4) is 0 Å². The Bertz CT molecular complexity index is 1800. The molecule has 2 N–H and O–H groups in total. The molecule has 5 nitrogen and oxygen atoms in total. The number of aromatic amines is 1. The number of benzene rings is 4. The van der Waals surface area contributed by atoms with E-state index in [1.807, 2.05) is 79.7 Å². The molecule has 1 atom stereocenters. The van der Waals surface area contributed by atoms with E-state index in [9.17, 15) is 4.79 Å². The lowest BCUT2D eigenvalue weighted by Gasteiger charge is -2.18. The summed E-state index contributed by atoms with van der Waals surface area (Å²) in [5, 5.41) is 14.2. The van der Waals surface area contributed by atoms with E-state index in [4.69, 9.17) is 0 Å². The van der Waals surface area contributed by atoms with Gasteiger partial charge in [0.2, 0.25) is 0 Å². The summed E-state index contributed by atoms with van der Waals surface area (Å²) < 4.78 is 0. The van der Waals surface area contributed by atoms with Crippen LogP contribution in [0.25, 0.3) is 33.8 Å². The van der Waals surface area contributed by atoms with Gasteiger partial charge < -0.3 is 5.32 Å². The molecule has 190 valence electrons. The molecule has 2 heterocycles. The van der Waals surface area contributed by atoms with Gasteiger partial charge in [-0.05, 0) is 77.9 Å². The van der Waals surface area contributed by atoms with Crippen molar-refractivity contribution in [3.63, 3.8) is 0 Å². The van der Waals surface area contributed by atoms with Crippen molar-refractivity contribution in [2.75, 3.05) is 0 Å². The van der Waals surface area contributed by atoms with Crippen LogP contribution in [-0.2, 0) is 0 Å². The number of nitrogens with zero attached hydrogens (tertiary/aromatic N) is 2. The number of H-pyrrole nitrogens is 1. The van der Waals surface area contributed by atoms with Crippen molar-refractivity contribution in [3.05, 3.63) is 132 Å². The predicted molar refractivity (Wildman–Crippen MR) is 160 cm³/mol. The SMILES string of the molecule is C[C@@H](NC(=O)c1ccccc1Sc1ccc2c(/C=C/c3ccccn3)n[nH]c2c1)c1cccc2ccccc12. The van der Waals surface area contributed by atoms with Gasteiger partial charge in [-0.25, -0.2) is 0 Å². The Hall–Kier alpha value is -4.68. The summed E-state index contributed by atoms with van der Waals surface area (Å²) in [5.74, 6) is -0.0944. The van der Waals surface area contributed by atoms with Gasteiger partial charge in [-0.15, -0.1) is 0 Å². The Morgan fingerprint density at radius 3 is 2.59 bits per heavy atom. The highest BCUT2D eigenvalue weighted by Gasteiger charge is 2.17. The number of aromatic nitrogens is 3. The number of carbonyl (C=O) groups excluding carboxylic acids is 1. The molecule has 2 aromatic heterocycles. The van der Waals surface area contributed by atoms with Crippen molar-refractivity contribution in [1.82, 2.24) is 20.5 Å². The zero-order valence-corrected chi connectivity index (χ0v) is 22.2. The normalized spacial score (nSPS) is 12.2. The van der Waals surface area contributed by atoms with Gasteiger partial charge in [0.15, 0.2) is 0 Å². The molecule has 0 saturated carbocycles. The molecule has 0 fully saturated rings. The molecule has 0 aliphatic carbocycles. The highest BCUT2D eigenvalue weighted by molar-refractivity contribution is 7.99. The average Bonchev–Trinajstić information content (AvgIpc) is 3.38. The fourth-order valence-corrected chi connectivity index (χ4v) is 5.68. The third-order valence-corrected chi connectivity index (χ3v) is 7.73. The van der Waals surface area contributed by atoms with Gasteiger partial charge in [-0.3, -0.25) is 14.9 Å². The number of fused-ring (bicyclic) bond motifs is 2. The molecule has 0 saturated heterocycles. The number of amides is 1. The summed E-state index contributed by atoms with van der Waals surface area (Å²) >= 11 is 1.57. The molecule has 0 aliphatic heterocycles. The summed E-state index contributed by atoms with van der Waals surface area (Å²) in [5.41, 5.74) is 4.43. The van der Waals surface area contributed by atoms with E-state index in [2.05, 4.69) is 63.0 Å². The van der Waals surface area contributed by atoms with E-state index in [0.717, 1.165) is 48.4 Å². The summed E-state index contributed by atoms with van der Waals surface area (Å²) in [6, 6.07) is 34.1. The molecular formula is C33H26N4OS. The largest absolute Gasteiger partial charge is 0.345 e. The number of nitrogens with one attached hydrogen (secondary N) is 2. The molecule has 0 bridgehead atoms. The van der Waals surface area contributed by atoms with Crippen LogP contribution >= 0.6 is 11.8 Å².